The van der Waals surface area contributed by atoms with Crippen LogP contribution in [-0.2, 0) is 0 Å². The van der Waals surface area contributed by atoms with Gasteiger partial charge in [-0.15, -0.1) is 0 Å². The van der Waals surface area contributed by atoms with Crippen LogP contribution in [0.25, 0.3) is 0 Å². The number of carbonyl (C=O) groups is 1. The first-order valence-corrected chi connectivity index (χ1v) is 9.87. The number of benzene rings is 2. The molecule has 3 unspecified atom stereocenters. The molecule has 0 N–H and O–H groups in total. The Morgan fingerprint density at radius 1 is 0.923 bits per heavy atom. The van der Waals surface area contributed by atoms with Crippen LogP contribution in [0.15, 0.2) is 60.7 Å². The van der Waals surface area contributed by atoms with Gasteiger partial charge in [0.05, 0.1) is 6.04 Å². The lowest BCUT2D eigenvalue weighted by Gasteiger charge is -2.47. The van der Waals surface area contributed by atoms with Gasteiger partial charge in [0.25, 0.3) is 5.91 Å². The summed E-state index contributed by atoms with van der Waals surface area (Å²) in [6.07, 6.45) is 6.26. The lowest BCUT2D eigenvalue weighted by atomic mass is 9.71. The van der Waals surface area contributed by atoms with E-state index in [4.69, 9.17) is 4.74 Å². The molecular formula is C23H27NO2. The topological polar surface area (TPSA) is 29.5 Å². The zero-order valence-corrected chi connectivity index (χ0v) is 15.2. The molecule has 1 aliphatic carbocycles. The number of ether oxygens (including phenoxy) is 1. The third-order valence-corrected chi connectivity index (χ3v) is 6.05. The highest BCUT2D eigenvalue weighted by Crippen LogP contribution is 2.40. The lowest BCUT2D eigenvalue weighted by molar-refractivity contribution is 0.00393. The molecule has 1 saturated heterocycles. The largest absolute Gasteiger partial charge is 0.491 e. The summed E-state index contributed by atoms with van der Waals surface area (Å²) in [5.41, 5.74) is 0.784. The third kappa shape index (κ3) is 3.62. The second-order valence-corrected chi connectivity index (χ2v) is 7.55. The number of para-hydroxylation sites is 1. The van der Waals surface area contributed by atoms with Gasteiger partial charge in [0, 0.05) is 12.1 Å². The molecule has 2 aromatic carbocycles. The minimum Gasteiger partial charge on any atom is -0.491 e. The van der Waals surface area contributed by atoms with E-state index in [0.717, 1.165) is 30.2 Å². The molecule has 2 fully saturated rings. The van der Waals surface area contributed by atoms with Crippen molar-refractivity contribution >= 4 is 5.91 Å². The van der Waals surface area contributed by atoms with E-state index in [-0.39, 0.29) is 11.9 Å². The fourth-order valence-electron chi connectivity index (χ4n) is 4.71. The smallest absolute Gasteiger partial charge is 0.254 e. The van der Waals surface area contributed by atoms with Crippen molar-refractivity contribution in [2.24, 2.45) is 11.8 Å². The molecule has 136 valence electrons. The molecule has 0 aromatic heterocycles. The normalized spacial score (nSPS) is 25.4. The lowest BCUT2D eigenvalue weighted by Crippen LogP contribution is -2.55. The molecule has 4 rings (SSSR count). The van der Waals surface area contributed by atoms with Crippen LogP contribution in [-0.4, -0.2) is 30.0 Å². The second kappa shape index (κ2) is 7.94. The van der Waals surface area contributed by atoms with Gasteiger partial charge < -0.3 is 9.64 Å². The summed E-state index contributed by atoms with van der Waals surface area (Å²) in [7, 11) is 0. The van der Waals surface area contributed by atoms with E-state index in [2.05, 4.69) is 4.90 Å². The summed E-state index contributed by atoms with van der Waals surface area (Å²) in [5.74, 6) is 2.34. The summed E-state index contributed by atoms with van der Waals surface area (Å²) >= 11 is 0. The zero-order valence-electron chi connectivity index (χ0n) is 15.2. The van der Waals surface area contributed by atoms with Crippen LogP contribution >= 0.6 is 0 Å². The van der Waals surface area contributed by atoms with Crippen molar-refractivity contribution in [2.45, 2.75) is 38.1 Å². The summed E-state index contributed by atoms with van der Waals surface area (Å²) in [6.45, 7) is 1.43. The van der Waals surface area contributed by atoms with Crippen molar-refractivity contribution in [1.82, 2.24) is 4.90 Å². The number of nitrogens with zero attached hydrogens (tertiary/aromatic N) is 1. The Hall–Kier alpha value is -2.29. The third-order valence-electron chi connectivity index (χ3n) is 6.05. The van der Waals surface area contributed by atoms with Gasteiger partial charge in [-0.3, -0.25) is 4.79 Å². The zero-order chi connectivity index (χ0) is 17.8. The van der Waals surface area contributed by atoms with Gasteiger partial charge in [0.15, 0.2) is 0 Å². The van der Waals surface area contributed by atoms with Crippen LogP contribution in [0.2, 0.25) is 0 Å². The Labute approximate surface area is 156 Å². The molecule has 1 aliphatic heterocycles. The standard InChI is InChI=1S/C23H27NO2/c25-23(19-10-3-1-4-11-19)24-16-15-18-9-7-8-14-21(18)22(24)17-26-20-12-5-2-6-13-20/h1-6,10-13,18,21-22H,7-9,14-17H2. The molecule has 3 heteroatoms. The van der Waals surface area contributed by atoms with E-state index in [1.165, 1.54) is 25.7 Å². The predicted octanol–water partition coefficient (Wildman–Crippen LogP) is 4.79. The van der Waals surface area contributed by atoms with Crippen LogP contribution in [0.5, 0.6) is 5.75 Å². The predicted molar refractivity (Wildman–Crippen MR) is 103 cm³/mol. The number of carbonyl (C=O) groups excluding carboxylic acids is 1. The van der Waals surface area contributed by atoms with E-state index in [0.29, 0.717) is 12.5 Å². The minimum absolute atomic E-state index is 0.149. The van der Waals surface area contributed by atoms with E-state index in [9.17, 15) is 4.79 Å². The quantitative estimate of drug-likeness (QED) is 0.794. The molecule has 0 radical (unpaired) electrons. The molecule has 3 atom stereocenters. The summed E-state index contributed by atoms with van der Waals surface area (Å²) in [5, 5.41) is 0. The molecule has 1 heterocycles. The molecule has 1 amide bonds. The molecule has 0 bridgehead atoms. The van der Waals surface area contributed by atoms with Crippen molar-refractivity contribution in [2.75, 3.05) is 13.2 Å². The summed E-state index contributed by atoms with van der Waals surface area (Å²) in [6, 6.07) is 19.8. The van der Waals surface area contributed by atoms with Crippen molar-refractivity contribution in [3.05, 3.63) is 66.2 Å². The van der Waals surface area contributed by atoms with Crippen molar-refractivity contribution in [3.63, 3.8) is 0 Å². The first kappa shape index (κ1) is 17.1. The average Bonchev–Trinajstić information content (AvgIpc) is 2.73. The molecule has 26 heavy (non-hydrogen) atoms. The van der Waals surface area contributed by atoms with Gasteiger partial charge in [-0.25, -0.2) is 0 Å². The van der Waals surface area contributed by atoms with E-state index >= 15 is 0 Å². The second-order valence-electron chi connectivity index (χ2n) is 7.55. The Morgan fingerprint density at radius 3 is 2.38 bits per heavy atom. The highest BCUT2D eigenvalue weighted by molar-refractivity contribution is 5.94. The summed E-state index contributed by atoms with van der Waals surface area (Å²) in [4.78, 5) is 15.3. The maximum absolute atomic E-state index is 13.2. The number of amides is 1. The van der Waals surface area contributed by atoms with E-state index < -0.39 is 0 Å². The van der Waals surface area contributed by atoms with Gasteiger partial charge in [0.2, 0.25) is 0 Å². The highest BCUT2D eigenvalue weighted by atomic mass is 16.5. The number of piperidine rings is 1. The van der Waals surface area contributed by atoms with Gasteiger partial charge in [-0.2, -0.15) is 0 Å². The van der Waals surface area contributed by atoms with Gasteiger partial charge >= 0.3 is 0 Å². The minimum atomic E-state index is 0.149. The Kier molecular flexibility index (Phi) is 5.24. The monoisotopic (exact) mass is 349 g/mol. The van der Waals surface area contributed by atoms with Crippen LogP contribution in [0, 0.1) is 11.8 Å². The molecule has 3 nitrogen and oxygen atoms in total. The van der Waals surface area contributed by atoms with Crippen molar-refractivity contribution in [1.29, 1.82) is 0 Å². The maximum Gasteiger partial charge on any atom is 0.254 e. The SMILES string of the molecule is O=C(c1ccccc1)N1CCC2CCCCC2C1COc1ccccc1. The van der Waals surface area contributed by atoms with E-state index in [1.807, 2.05) is 60.7 Å². The molecule has 0 spiro atoms. The van der Waals surface area contributed by atoms with E-state index in [1.54, 1.807) is 0 Å². The number of hydrogen-bond donors (Lipinski definition) is 0. The molecule has 1 saturated carbocycles. The molecular weight excluding hydrogens is 322 g/mol. The summed E-state index contributed by atoms with van der Waals surface area (Å²) < 4.78 is 6.12. The van der Waals surface area contributed by atoms with Crippen LogP contribution in [0.1, 0.15) is 42.5 Å². The number of fused-ring (bicyclic) bond motifs is 1. The maximum atomic E-state index is 13.2. The van der Waals surface area contributed by atoms with Crippen molar-refractivity contribution in [3.8, 4) is 5.75 Å². The molecule has 2 aromatic rings. The first-order valence-electron chi connectivity index (χ1n) is 9.87. The van der Waals surface area contributed by atoms with Crippen LogP contribution in [0.4, 0.5) is 0 Å². The number of hydrogen-bond acceptors (Lipinski definition) is 2. The average molecular weight is 349 g/mol. The Bertz CT molecular complexity index is 716. The van der Waals surface area contributed by atoms with Gasteiger partial charge in [-0.05, 0) is 48.9 Å². The van der Waals surface area contributed by atoms with Crippen molar-refractivity contribution < 1.29 is 9.53 Å². The first-order chi connectivity index (χ1) is 12.8. The van der Waals surface area contributed by atoms with Gasteiger partial charge in [-0.1, -0.05) is 55.7 Å². The fourth-order valence-corrected chi connectivity index (χ4v) is 4.71. The Balaban J connectivity index is 1.55. The molecule has 2 aliphatic rings. The fraction of sp³-hybridized carbons (Fsp3) is 0.435. The Morgan fingerprint density at radius 2 is 1.62 bits per heavy atom. The van der Waals surface area contributed by atoms with Gasteiger partial charge in [0.1, 0.15) is 12.4 Å². The van der Waals surface area contributed by atoms with Crippen LogP contribution < -0.4 is 4.74 Å². The number of rotatable bonds is 4. The van der Waals surface area contributed by atoms with Crippen LogP contribution in [0.3, 0.4) is 0 Å². The highest BCUT2D eigenvalue weighted by Gasteiger charge is 2.41. The number of likely N-dealkylation sites (tertiary alicyclic amines) is 1.